The maximum Gasteiger partial charge on any atom is 0.295 e. The van der Waals surface area contributed by atoms with Gasteiger partial charge in [-0.1, -0.05) is 12.1 Å². The molecule has 9 heteroatoms. The number of fused-ring (bicyclic) bond motifs is 2. The number of halogens is 1. The average molecular weight is 411 g/mol. The van der Waals surface area contributed by atoms with E-state index in [9.17, 15) is 23.6 Å². The van der Waals surface area contributed by atoms with E-state index in [1.807, 2.05) is 0 Å². The molecule has 0 atom stereocenters. The standard InChI is InChI=1S/C21H18FN3O5/c22-9-12(10-24-18(26)14-3-1-2-4-15(14)19(24)27)11-25-21(29)17-16(30-25)7-8-23(20(17)28)13-5-6-13/h1-4,9,13H,5-8,10-11H2. The fourth-order valence-corrected chi connectivity index (χ4v) is 4.04. The Balaban J connectivity index is 1.37. The van der Waals surface area contributed by atoms with E-state index in [-0.39, 0.29) is 53.6 Å². The van der Waals surface area contributed by atoms with Crippen molar-refractivity contribution >= 4 is 17.7 Å². The van der Waals surface area contributed by atoms with Crippen LogP contribution in [-0.2, 0) is 13.0 Å². The summed E-state index contributed by atoms with van der Waals surface area (Å²) in [6, 6.07) is 6.55. The van der Waals surface area contributed by atoms with Gasteiger partial charge in [-0.05, 0) is 25.0 Å². The summed E-state index contributed by atoms with van der Waals surface area (Å²) in [7, 11) is 0. The number of nitrogens with zero attached hydrogens (tertiary/aromatic N) is 3. The second-order valence-electron chi connectivity index (χ2n) is 7.72. The number of aromatic nitrogens is 1. The summed E-state index contributed by atoms with van der Waals surface area (Å²) in [5.74, 6) is -1.09. The Bertz CT molecular complexity index is 1140. The highest BCUT2D eigenvalue weighted by molar-refractivity contribution is 6.21. The molecule has 0 unspecified atom stereocenters. The number of hydrogen-bond donors (Lipinski definition) is 0. The van der Waals surface area contributed by atoms with Crippen LogP contribution in [0.25, 0.3) is 0 Å². The second kappa shape index (κ2) is 6.79. The molecule has 0 bridgehead atoms. The van der Waals surface area contributed by atoms with Gasteiger partial charge in [0.15, 0.2) is 5.76 Å². The van der Waals surface area contributed by atoms with Gasteiger partial charge in [0.05, 0.1) is 30.5 Å². The van der Waals surface area contributed by atoms with E-state index < -0.39 is 17.4 Å². The van der Waals surface area contributed by atoms with Crippen LogP contribution in [0.4, 0.5) is 4.39 Å². The van der Waals surface area contributed by atoms with E-state index in [2.05, 4.69) is 0 Å². The van der Waals surface area contributed by atoms with Gasteiger partial charge in [0.25, 0.3) is 23.3 Å². The predicted octanol–water partition coefficient (Wildman–Crippen LogP) is 1.75. The van der Waals surface area contributed by atoms with E-state index in [1.54, 1.807) is 17.0 Å². The molecule has 0 radical (unpaired) electrons. The lowest BCUT2D eigenvalue weighted by atomic mass is 10.1. The third-order valence-corrected chi connectivity index (χ3v) is 5.72. The van der Waals surface area contributed by atoms with Crippen LogP contribution in [0.1, 0.15) is 49.7 Å². The first-order chi connectivity index (χ1) is 14.5. The smallest absolute Gasteiger partial charge is 0.295 e. The molecule has 1 aromatic carbocycles. The monoisotopic (exact) mass is 411 g/mol. The minimum Gasteiger partial charge on any atom is -0.380 e. The lowest BCUT2D eigenvalue weighted by Crippen LogP contribution is -2.41. The lowest BCUT2D eigenvalue weighted by Gasteiger charge is -2.24. The van der Waals surface area contributed by atoms with Crippen molar-refractivity contribution in [2.75, 3.05) is 13.1 Å². The average Bonchev–Trinajstić information content (AvgIpc) is 3.50. The number of rotatable bonds is 5. The minimum absolute atomic E-state index is 0.00389. The first-order valence-corrected chi connectivity index (χ1v) is 9.77. The molecule has 0 N–H and O–H groups in total. The lowest BCUT2D eigenvalue weighted by molar-refractivity contribution is 0.0660. The molecule has 0 spiro atoms. The highest BCUT2D eigenvalue weighted by atomic mass is 19.1. The fraction of sp³-hybridized carbons (Fsp3) is 0.333. The second-order valence-corrected chi connectivity index (χ2v) is 7.72. The molecular weight excluding hydrogens is 393 g/mol. The van der Waals surface area contributed by atoms with Gasteiger partial charge in [-0.25, -0.2) is 4.39 Å². The molecule has 30 heavy (non-hydrogen) atoms. The van der Waals surface area contributed by atoms with Crippen LogP contribution in [-0.4, -0.2) is 51.4 Å². The Morgan fingerprint density at radius 1 is 1.03 bits per heavy atom. The maximum atomic E-state index is 13.6. The maximum absolute atomic E-state index is 13.6. The number of benzene rings is 1. The molecule has 154 valence electrons. The van der Waals surface area contributed by atoms with Crippen LogP contribution in [0.2, 0.25) is 0 Å². The summed E-state index contributed by atoms with van der Waals surface area (Å²) in [4.78, 5) is 53.0. The zero-order valence-electron chi connectivity index (χ0n) is 16.0. The Hall–Kier alpha value is -3.49. The zero-order valence-corrected chi connectivity index (χ0v) is 16.0. The summed E-state index contributed by atoms with van der Waals surface area (Å²) in [5, 5.41) is 0. The minimum atomic E-state index is -0.623. The normalized spacial score (nSPS) is 18.8. The van der Waals surface area contributed by atoms with Crippen LogP contribution in [0.3, 0.4) is 0 Å². The highest BCUT2D eigenvalue weighted by Crippen LogP contribution is 2.31. The van der Waals surface area contributed by atoms with Crippen LogP contribution in [0.15, 0.2) is 45.5 Å². The Labute approximate surface area is 170 Å². The predicted molar refractivity (Wildman–Crippen MR) is 102 cm³/mol. The van der Waals surface area contributed by atoms with Gasteiger partial charge in [0.1, 0.15) is 5.56 Å². The third-order valence-electron chi connectivity index (χ3n) is 5.72. The van der Waals surface area contributed by atoms with E-state index in [0.29, 0.717) is 18.7 Å². The molecule has 2 aromatic rings. The van der Waals surface area contributed by atoms with Gasteiger partial charge >= 0.3 is 0 Å². The number of amides is 3. The molecule has 2 aliphatic heterocycles. The van der Waals surface area contributed by atoms with Crippen molar-refractivity contribution in [3.63, 3.8) is 0 Å². The van der Waals surface area contributed by atoms with Crippen LogP contribution in [0, 0.1) is 0 Å². The number of imide groups is 1. The van der Waals surface area contributed by atoms with E-state index >= 15 is 0 Å². The summed E-state index contributed by atoms with van der Waals surface area (Å²) < 4.78 is 20.1. The van der Waals surface area contributed by atoms with Crippen molar-refractivity contribution in [3.05, 3.63) is 69.0 Å². The number of carbonyl (C=O) groups excluding carboxylic acids is 3. The SMILES string of the molecule is O=C1c2ccccc2C(=O)N1CC(=CF)Cn1oc2c(c1=O)C(=O)N(C1CC1)CC2. The molecule has 3 heterocycles. The molecule has 3 amide bonds. The molecule has 1 aromatic heterocycles. The van der Waals surface area contributed by atoms with Gasteiger partial charge in [-0.3, -0.25) is 24.1 Å². The quantitative estimate of drug-likeness (QED) is 0.699. The molecule has 5 rings (SSSR count). The van der Waals surface area contributed by atoms with Crippen molar-refractivity contribution < 1.29 is 23.3 Å². The van der Waals surface area contributed by atoms with Crippen molar-refractivity contribution in [3.8, 4) is 0 Å². The molecule has 1 fully saturated rings. The summed E-state index contributed by atoms with van der Waals surface area (Å²) >= 11 is 0. The molecular formula is C21H18FN3O5. The fourth-order valence-electron chi connectivity index (χ4n) is 4.04. The van der Waals surface area contributed by atoms with Gasteiger partial charge in [-0.15, -0.1) is 0 Å². The molecule has 8 nitrogen and oxygen atoms in total. The molecule has 0 saturated heterocycles. The molecule has 1 aliphatic carbocycles. The van der Waals surface area contributed by atoms with Crippen molar-refractivity contribution in [2.24, 2.45) is 0 Å². The van der Waals surface area contributed by atoms with Crippen molar-refractivity contribution in [2.45, 2.75) is 31.8 Å². The summed E-state index contributed by atoms with van der Waals surface area (Å²) in [5.41, 5.74) is -0.104. The van der Waals surface area contributed by atoms with Crippen LogP contribution < -0.4 is 5.56 Å². The highest BCUT2D eigenvalue weighted by Gasteiger charge is 2.40. The van der Waals surface area contributed by atoms with Crippen molar-refractivity contribution in [1.82, 2.24) is 14.5 Å². The van der Waals surface area contributed by atoms with E-state index in [1.165, 1.54) is 12.1 Å². The Kier molecular flexibility index (Phi) is 4.19. The van der Waals surface area contributed by atoms with Crippen LogP contribution >= 0.6 is 0 Å². The topological polar surface area (TPSA) is 92.8 Å². The number of carbonyl (C=O) groups is 3. The largest absolute Gasteiger partial charge is 0.380 e. The Morgan fingerprint density at radius 2 is 1.70 bits per heavy atom. The van der Waals surface area contributed by atoms with Crippen molar-refractivity contribution in [1.29, 1.82) is 0 Å². The van der Waals surface area contributed by atoms with E-state index in [4.69, 9.17) is 4.52 Å². The zero-order chi connectivity index (χ0) is 21.0. The summed E-state index contributed by atoms with van der Waals surface area (Å²) in [6.07, 6.45) is 2.55. The number of hydrogen-bond acceptors (Lipinski definition) is 5. The molecule has 1 saturated carbocycles. The van der Waals surface area contributed by atoms with Gasteiger partial charge < -0.3 is 9.42 Å². The van der Waals surface area contributed by atoms with Crippen LogP contribution in [0.5, 0.6) is 0 Å². The van der Waals surface area contributed by atoms with Gasteiger partial charge in [0, 0.05) is 24.6 Å². The first-order valence-electron chi connectivity index (χ1n) is 9.77. The van der Waals surface area contributed by atoms with E-state index in [0.717, 1.165) is 22.5 Å². The third kappa shape index (κ3) is 2.80. The van der Waals surface area contributed by atoms with Gasteiger partial charge in [-0.2, -0.15) is 4.74 Å². The molecule has 3 aliphatic rings. The van der Waals surface area contributed by atoms with Gasteiger partial charge in [0.2, 0.25) is 0 Å². The first kappa shape index (κ1) is 18.5. The summed E-state index contributed by atoms with van der Waals surface area (Å²) in [6.45, 7) is -0.125. The Morgan fingerprint density at radius 3 is 2.30 bits per heavy atom.